The first kappa shape index (κ1) is 26.9. The topological polar surface area (TPSA) is 21.7 Å². The lowest BCUT2D eigenvalue weighted by molar-refractivity contribution is 0.465. The summed E-state index contributed by atoms with van der Waals surface area (Å²) in [6, 6.07) is 49.6. The van der Waals surface area contributed by atoms with E-state index in [2.05, 4.69) is 153 Å². The van der Waals surface area contributed by atoms with Crippen LogP contribution in [0.2, 0.25) is 0 Å². The third-order valence-electron chi connectivity index (χ3n) is 9.44. The lowest BCUT2D eigenvalue weighted by atomic mass is 9.35. The predicted molar refractivity (Wildman–Crippen MR) is 193 cm³/mol. The normalized spacial score (nSPS) is 13.0. The average Bonchev–Trinajstić information content (AvgIpc) is 3.07. The van der Waals surface area contributed by atoms with Crippen molar-refractivity contribution in [2.45, 2.75) is 26.2 Å². The maximum atomic E-state index is 6.75. The van der Waals surface area contributed by atoms with Crippen LogP contribution in [0.5, 0.6) is 23.0 Å². The molecular formula is C42H32BNO2. The summed E-state index contributed by atoms with van der Waals surface area (Å²) in [5.74, 6) is 3.43. The molecule has 0 bridgehead atoms. The summed E-state index contributed by atoms with van der Waals surface area (Å²) < 4.78 is 13.5. The fourth-order valence-electron chi connectivity index (χ4n) is 7.55. The number of benzene rings is 7. The van der Waals surface area contributed by atoms with Crippen molar-refractivity contribution in [1.29, 1.82) is 0 Å². The van der Waals surface area contributed by atoms with Gasteiger partial charge in [0.1, 0.15) is 23.0 Å². The summed E-state index contributed by atoms with van der Waals surface area (Å²) in [7, 11) is 0. The van der Waals surface area contributed by atoms with Gasteiger partial charge in [0.05, 0.1) is 17.1 Å². The minimum Gasteiger partial charge on any atom is -0.458 e. The largest absolute Gasteiger partial charge is 0.458 e. The number of para-hydroxylation sites is 2. The Bertz CT molecular complexity index is 2260. The lowest BCUT2D eigenvalue weighted by Gasteiger charge is -2.36. The van der Waals surface area contributed by atoms with Gasteiger partial charge >= 0.3 is 0 Å². The van der Waals surface area contributed by atoms with Crippen molar-refractivity contribution in [2.24, 2.45) is 0 Å². The number of hydrogen-bond donors (Lipinski definition) is 0. The van der Waals surface area contributed by atoms with Gasteiger partial charge in [-0.3, -0.25) is 0 Å². The van der Waals surface area contributed by atoms with Crippen LogP contribution in [0.15, 0.2) is 140 Å². The van der Waals surface area contributed by atoms with Crippen molar-refractivity contribution in [2.75, 3.05) is 4.90 Å². The van der Waals surface area contributed by atoms with Crippen LogP contribution in [0.1, 0.15) is 26.3 Å². The number of fused-ring (bicyclic) bond motifs is 6. The number of anilines is 3. The molecule has 0 unspecified atom stereocenters. The summed E-state index contributed by atoms with van der Waals surface area (Å²) in [6.07, 6.45) is 0. The Morgan fingerprint density at radius 1 is 0.500 bits per heavy atom. The van der Waals surface area contributed by atoms with Gasteiger partial charge in [-0.05, 0) is 62.3 Å². The minimum absolute atomic E-state index is 0.0331. The smallest absolute Gasteiger partial charge is 0.260 e. The molecule has 0 saturated heterocycles. The molecule has 220 valence electrons. The van der Waals surface area contributed by atoms with Gasteiger partial charge in [-0.1, -0.05) is 124 Å². The lowest BCUT2D eigenvalue weighted by Crippen LogP contribution is -2.57. The van der Waals surface area contributed by atoms with Gasteiger partial charge in [-0.25, -0.2) is 0 Å². The predicted octanol–water partition coefficient (Wildman–Crippen LogP) is 9.49. The molecule has 0 aliphatic carbocycles. The minimum atomic E-state index is -0.141. The Morgan fingerprint density at radius 3 is 1.70 bits per heavy atom. The first-order valence-electron chi connectivity index (χ1n) is 16.0. The van der Waals surface area contributed by atoms with Gasteiger partial charge in [0, 0.05) is 23.0 Å². The fourth-order valence-corrected chi connectivity index (χ4v) is 7.55. The third-order valence-corrected chi connectivity index (χ3v) is 9.44. The average molecular weight is 594 g/mol. The summed E-state index contributed by atoms with van der Waals surface area (Å²) in [4.78, 5) is 2.41. The molecule has 7 aromatic carbocycles. The molecule has 2 aliphatic heterocycles. The zero-order chi connectivity index (χ0) is 31.0. The zero-order valence-electron chi connectivity index (χ0n) is 26.1. The highest BCUT2D eigenvalue weighted by Crippen LogP contribution is 2.48. The summed E-state index contributed by atoms with van der Waals surface area (Å²) >= 11 is 0. The van der Waals surface area contributed by atoms with Crippen molar-refractivity contribution in [3.05, 3.63) is 145 Å². The van der Waals surface area contributed by atoms with Crippen molar-refractivity contribution >= 4 is 61.7 Å². The monoisotopic (exact) mass is 593 g/mol. The quantitative estimate of drug-likeness (QED) is 0.191. The molecule has 0 spiro atoms. The summed E-state index contributed by atoms with van der Waals surface area (Å²) in [5.41, 5.74) is 7.79. The Hall–Kier alpha value is -5.48. The SMILES string of the molecule is CC(C)(C)c1c(N(c2cc3c4c(c2)Oc2ccccc2B4c2ccccc2O3)c2cccc3ccccc23)ccc2ccccc12. The maximum Gasteiger partial charge on any atom is 0.260 e. The van der Waals surface area contributed by atoms with Gasteiger partial charge in [-0.2, -0.15) is 0 Å². The van der Waals surface area contributed by atoms with Crippen LogP contribution in [0.3, 0.4) is 0 Å². The number of nitrogens with zero attached hydrogens (tertiary/aromatic N) is 1. The van der Waals surface area contributed by atoms with E-state index in [0.717, 1.165) is 56.4 Å². The molecule has 3 nitrogen and oxygen atoms in total. The van der Waals surface area contributed by atoms with Gasteiger partial charge < -0.3 is 14.4 Å². The molecule has 0 saturated carbocycles. The van der Waals surface area contributed by atoms with Crippen LogP contribution < -0.4 is 30.8 Å². The van der Waals surface area contributed by atoms with Crippen molar-refractivity contribution in [1.82, 2.24) is 0 Å². The van der Waals surface area contributed by atoms with Gasteiger partial charge in [-0.15, -0.1) is 0 Å². The highest BCUT2D eigenvalue weighted by molar-refractivity contribution is 6.98. The molecule has 0 amide bonds. The van der Waals surface area contributed by atoms with Gasteiger partial charge in [0.25, 0.3) is 6.71 Å². The standard InChI is InChI=1S/C42H32BNO2/c1-42(2,3)40-31-17-7-5-14-28(31)23-24-35(40)44(34-20-12-15-27-13-4-6-16-30(27)34)29-25-38-41-39(26-29)46-37-22-11-9-19-33(37)43(41)32-18-8-10-21-36(32)45-38/h4-26H,1-3H3. The van der Waals surface area contributed by atoms with E-state index in [0.29, 0.717) is 0 Å². The summed E-state index contributed by atoms with van der Waals surface area (Å²) in [6.45, 7) is 6.95. The van der Waals surface area contributed by atoms with Crippen molar-refractivity contribution in [3.8, 4) is 23.0 Å². The highest BCUT2D eigenvalue weighted by Gasteiger charge is 2.40. The molecule has 2 heterocycles. The van der Waals surface area contributed by atoms with Crippen LogP contribution in [-0.4, -0.2) is 6.71 Å². The summed E-state index contributed by atoms with van der Waals surface area (Å²) in [5, 5.41) is 4.86. The third kappa shape index (κ3) is 4.06. The van der Waals surface area contributed by atoms with Crippen LogP contribution in [-0.2, 0) is 5.41 Å². The number of ether oxygens (including phenoxy) is 2. The molecule has 0 atom stereocenters. The molecule has 0 N–H and O–H groups in total. The van der Waals surface area contributed by atoms with E-state index in [-0.39, 0.29) is 12.1 Å². The van der Waals surface area contributed by atoms with E-state index >= 15 is 0 Å². The van der Waals surface area contributed by atoms with E-state index in [9.17, 15) is 0 Å². The number of hydrogen-bond acceptors (Lipinski definition) is 3. The van der Waals surface area contributed by atoms with Gasteiger partial charge in [0.15, 0.2) is 0 Å². The molecule has 0 aromatic heterocycles. The molecule has 9 rings (SSSR count). The Morgan fingerprint density at radius 2 is 1.04 bits per heavy atom. The number of rotatable bonds is 3. The Labute approximate surface area is 269 Å². The van der Waals surface area contributed by atoms with E-state index in [4.69, 9.17) is 9.47 Å². The van der Waals surface area contributed by atoms with E-state index in [1.807, 2.05) is 12.1 Å². The van der Waals surface area contributed by atoms with Crippen LogP contribution in [0, 0.1) is 0 Å². The van der Waals surface area contributed by atoms with Crippen molar-refractivity contribution in [3.63, 3.8) is 0 Å². The Kier molecular flexibility index (Phi) is 5.85. The maximum absolute atomic E-state index is 6.75. The molecule has 0 radical (unpaired) electrons. The molecule has 46 heavy (non-hydrogen) atoms. The molecular weight excluding hydrogens is 561 g/mol. The Balaban J connectivity index is 1.36. The second kappa shape index (κ2) is 10.0. The molecule has 2 aliphatic rings. The molecule has 4 heteroatoms. The van der Waals surface area contributed by atoms with E-state index in [1.165, 1.54) is 27.1 Å². The molecule has 0 fully saturated rings. The highest BCUT2D eigenvalue weighted by atomic mass is 16.5. The first-order chi connectivity index (χ1) is 22.5. The zero-order valence-corrected chi connectivity index (χ0v) is 26.1. The van der Waals surface area contributed by atoms with E-state index in [1.54, 1.807) is 0 Å². The first-order valence-corrected chi connectivity index (χ1v) is 16.0. The van der Waals surface area contributed by atoms with Crippen LogP contribution in [0.25, 0.3) is 21.5 Å². The second-order valence-electron chi connectivity index (χ2n) is 13.3. The fraction of sp³-hybridized carbons (Fsp3) is 0.0952. The van der Waals surface area contributed by atoms with Crippen LogP contribution in [0.4, 0.5) is 17.1 Å². The van der Waals surface area contributed by atoms with Crippen LogP contribution >= 0.6 is 0 Å². The van der Waals surface area contributed by atoms with E-state index < -0.39 is 0 Å². The second-order valence-corrected chi connectivity index (χ2v) is 13.3. The molecule has 7 aromatic rings. The van der Waals surface area contributed by atoms with Crippen molar-refractivity contribution < 1.29 is 9.47 Å². The van der Waals surface area contributed by atoms with Gasteiger partial charge in [0.2, 0.25) is 0 Å².